The number of aliphatic hydroxyl groups is 1. The van der Waals surface area contributed by atoms with Gasteiger partial charge < -0.3 is 15.6 Å². The first-order chi connectivity index (χ1) is 17.4. The summed E-state index contributed by atoms with van der Waals surface area (Å²) in [7, 11) is 0. The van der Waals surface area contributed by atoms with Gasteiger partial charge in [-0.1, -0.05) is 74.8 Å². The van der Waals surface area contributed by atoms with Crippen molar-refractivity contribution in [2.75, 3.05) is 0 Å². The van der Waals surface area contributed by atoms with Crippen LogP contribution in [0.2, 0.25) is 0 Å². The molecule has 4 saturated carbocycles. The Bertz CT molecular complexity index is 719. The minimum atomic E-state index is -0.472. The fourth-order valence-electron chi connectivity index (χ4n) is 9.99. The van der Waals surface area contributed by atoms with Crippen LogP contribution >= 0.6 is 0 Å². The minimum absolute atomic E-state index is 0.219. The quantitative estimate of drug-likeness (QED) is 0.289. The Morgan fingerprint density at radius 1 is 0.919 bits per heavy atom. The maximum Gasteiger partial charge on any atom is 0.123 e. The van der Waals surface area contributed by atoms with E-state index in [0.29, 0.717) is 40.4 Å². The molecule has 3 heteroatoms. The second-order valence-electron chi connectivity index (χ2n) is 13.3. The molecule has 3 nitrogen and oxygen atoms in total. The second-order valence-corrected chi connectivity index (χ2v) is 13.3. The van der Waals surface area contributed by atoms with E-state index < -0.39 is 5.54 Å². The fourth-order valence-corrected chi connectivity index (χ4v) is 9.99. The monoisotopic (exact) mass is 520 g/mol. The van der Waals surface area contributed by atoms with Crippen molar-refractivity contribution in [3.05, 3.63) is 12.7 Å². The lowest BCUT2D eigenvalue weighted by atomic mass is 9.33. The first kappa shape index (κ1) is 34.4. The highest BCUT2D eigenvalue weighted by molar-refractivity contribution is 5.54. The molecule has 218 valence electrons. The summed E-state index contributed by atoms with van der Waals surface area (Å²) in [4.78, 5) is 12.0. The molecule has 5 unspecified atom stereocenters. The van der Waals surface area contributed by atoms with E-state index in [0.717, 1.165) is 25.7 Å². The molecule has 4 aliphatic carbocycles. The van der Waals surface area contributed by atoms with Gasteiger partial charge in [0.15, 0.2) is 0 Å². The van der Waals surface area contributed by atoms with Gasteiger partial charge in [-0.15, -0.1) is 6.58 Å². The Balaban J connectivity index is 0.000000894. The molecule has 0 amide bonds. The Labute approximate surface area is 231 Å². The van der Waals surface area contributed by atoms with Crippen molar-refractivity contribution in [2.45, 2.75) is 146 Å². The van der Waals surface area contributed by atoms with Crippen LogP contribution in [0.1, 0.15) is 134 Å². The number of rotatable bonds is 3. The number of aliphatic hydroxyl groups excluding tert-OH is 1. The van der Waals surface area contributed by atoms with E-state index in [4.69, 9.17) is 5.73 Å². The van der Waals surface area contributed by atoms with Gasteiger partial charge in [-0.05, 0) is 111 Å². The Hall–Kier alpha value is -0.670. The average Bonchev–Trinajstić information content (AvgIpc) is 2.88. The molecule has 0 saturated heterocycles. The predicted octanol–water partition coefficient (Wildman–Crippen LogP) is 8.83. The Morgan fingerprint density at radius 3 is 1.97 bits per heavy atom. The number of hydrogen-bond acceptors (Lipinski definition) is 3. The molecule has 0 bridgehead atoms. The van der Waals surface area contributed by atoms with E-state index in [-0.39, 0.29) is 17.4 Å². The van der Waals surface area contributed by atoms with Crippen molar-refractivity contribution in [2.24, 2.45) is 57.5 Å². The molecule has 4 fully saturated rings. The van der Waals surface area contributed by atoms with E-state index in [2.05, 4.69) is 48.1 Å². The lowest BCUT2D eigenvalue weighted by Gasteiger charge is -2.72. The van der Waals surface area contributed by atoms with E-state index >= 15 is 0 Å². The van der Waals surface area contributed by atoms with E-state index in [1.165, 1.54) is 38.4 Å². The third kappa shape index (κ3) is 5.65. The third-order valence-electron chi connectivity index (χ3n) is 12.1. The molecule has 0 spiro atoms. The first-order valence-corrected chi connectivity index (χ1v) is 15.9. The summed E-state index contributed by atoms with van der Waals surface area (Å²) in [6.45, 7) is 27.8. The van der Waals surface area contributed by atoms with E-state index in [1.54, 1.807) is 6.08 Å². The van der Waals surface area contributed by atoms with Crippen molar-refractivity contribution < 1.29 is 9.90 Å². The zero-order valence-corrected chi connectivity index (χ0v) is 26.7. The molecule has 0 aliphatic heterocycles. The molecular weight excluding hydrogens is 454 g/mol. The molecule has 0 radical (unpaired) electrons. The van der Waals surface area contributed by atoms with Crippen LogP contribution in [0, 0.1) is 51.8 Å². The van der Waals surface area contributed by atoms with Crippen LogP contribution in [0.3, 0.4) is 0 Å². The van der Waals surface area contributed by atoms with E-state index in [1.807, 2.05) is 34.6 Å². The molecule has 11 atom stereocenters. The van der Waals surface area contributed by atoms with Gasteiger partial charge in [0.2, 0.25) is 0 Å². The molecule has 3 N–H and O–H groups in total. The summed E-state index contributed by atoms with van der Waals surface area (Å²) >= 11 is 0. The summed E-state index contributed by atoms with van der Waals surface area (Å²) in [5.74, 6) is 3.16. The SMILES string of the molecule is C=CC.CC.CC.CCC(C)[C@@H]1C2CCC3C4(C)CC[C@H](O)[C@](C)(N)C4CC[C@@]3(C)[C@]2(C)CC[C@@H]1C=O. The minimum Gasteiger partial charge on any atom is -0.391 e. The van der Waals surface area contributed by atoms with Crippen LogP contribution in [0.4, 0.5) is 0 Å². The zero-order valence-electron chi connectivity index (χ0n) is 26.7. The summed E-state index contributed by atoms with van der Waals surface area (Å²) in [5.41, 5.74) is 7.17. The predicted molar refractivity (Wildman–Crippen MR) is 161 cm³/mol. The molecule has 0 aromatic heterocycles. The van der Waals surface area contributed by atoms with Crippen molar-refractivity contribution in [1.29, 1.82) is 0 Å². The van der Waals surface area contributed by atoms with Crippen LogP contribution in [0.5, 0.6) is 0 Å². The maximum atomic E-state index is 12.0. The number of hydrogen-bond donors (Lipinski definition) is 2. The molecule has 4 aliphatic rings. The lowest BCUT2D eigenvalue weighted by Crippen LogP contribution is -2.70. The van der Waals surface area contributed by atoms with Crippen molar-refractivity contribution in [3.63, 3.8) is 0 Å². The number of carbonyl (C=O) groups excluding carboxylic acids is 1. The maximum absolute atomic E-state index is 12.0. The number of nitrogens with two attached hydrogens (primary N) is 1. The third-order valence-corrected chi connectivity index (χ3v) is 12.1. The molecular formula is C34H65NO2. The Morgan fingerprint density at radius 2 is 1.46 bits per heavy atom. The van der Waals surface area contributed by atoms with Crippen LogP contribution in [-0.4, -0.2) is 23.0 Å². The molecule has 0 heterocycles. The van der Waals surface area contributed by atoms with Gasteiger partial charge in [0.05, 0.1) is 6.10 Å². The highest BCUT2D eigenvalue weighted by Gasteiger charge is 2.68. The van der Waals surface area contributed by atoms with Gasteiger partial charge in [0, 0.05) is 11.5 Å². The highest BCUT2D eigenvalue weighted by Crippen LogP contribution is 2.74. The largest absolute Gasteiger partial charge is 0.391 e. The molecule has 0 aromatic carbocycles. The lowest BCUT2D eigenvalue weighted by molar-refractivity contribution is -0.232. The second kappa shape index (κ2) is 13.6. The van der Waals surface area contributed by atoms with Crippen molar-refractivity contribution >= 4 is 6.29 Å². The van der Waals surface area contributed by atoms with Gasteiger partial charge in [-0.3, -0.25) is 0 Å². The summed E-state index contributed by atoms with van der Waals surface area (Å²) in [6.07, 6.45) is 13.0. The van der Waals surface area contributed by atoms with Crippen LogP contribution in [-0.2, 0) is 4.79 Å². The van der Waals surface area contributed by atoms with Crippen molar-refractivity contribution in [1.82, 2.24) is 0 Å². The van der Waals surface area contributed by atoms with Gasteiger partial charge in [0.1, 0.15) is 6.29 Å². The summed E-state index contributed by atoms with van der Waals surface area (Å²) < 4.78 is 0. The van der Waals surface area contributed by atoms with Crippen LogP contribution in [0.15, 0.2) is 12.7 Å². The van der Waals surface area contributed by atoms with Crippen molar-refractivity contribution in [3.8, 4) is 0 Å². The smallest absolute Gasteiger partial charge is 0.123 e. The van der Waals surface area contributed by atoms with Crippen LogP contribution in [0.25, 0.3) is 0 Å². The normalized spacial score (nSPS) is 46.8. The summed E-state index contributed by atoms with van der Waals surface area (Å²) in [5, 5.41) is 10.7. The van der Waals surface area contributed by atoms with E-state index in [9.17, 15) is 9.90 Å². The van der Waals surface area contributed by atoms with Gasteiger partial charge in [0.25, 0.3) is 0 Å². The highest BCUT2D eigenvalue weighted by atomic mass is 16.3. The summed E-state index contributed by atoms with van der Waals surface area (Å²) in [6, 6.07) is 0. The fraction of sp³-hybridized carbons (Fsp3) is 0.912. The zero-order chi connectivity index (χ0) is 28.8. The van der Waals surface area contributed by atoms with Gasteiger partial charge in [-0.2, -0.15) is 0 Å². The number of aldehydes is 1. The van der Waals surface area contributed by atoms with Crippen LogP contribution < -0.4 is 5.73 Å². The average molecular weight is 520 g/mol. The topological polar surface area (TPSA) is 63.3 Å². The number of carbonyl (C=O) groups is 1. The first-order valence-electron chi connectivity index (χ1n) is 15.9. The molecule has 37 heavy (non-hydrogen) atoms. The standard InChI is InChI=1S/C27H47NO2.C3H6.2C2H6/c1-7-17(2)23-18(16-29)10-14-25(4)19(23)8-9-20-24(3)13-12-22(30)27(6,28)21(24)11-15-26(20,25)5;1-3-2;2*1-2/h16-23,30H,7-15,28H2,1-6H3;3H,1H2,2H3;2*1-2H3/t17?,18-,19?,20?,21?,22+,23+,24?,25-,26-,27-;;;/m1.../s1. The number of fused-ring (bicyclic) bond motifs is 5. The molecule has 4 rings (SSSR count). The Kier molecular flexibility index (Phi) is 12.6. The number of allylic oxidation sites excluding steroid dienone is 1. The van der Waals surface area contributed by atoms with Gasteiger partial charge >= 0.3 is 0 Å². The van der Waals surface area contributed by atoms with Gasteiger partial charge in [-0.25, -0.2) is 0 Å². The molecule has 0 aromatic rings.